The fourth-order valence-corrected chi connectivity index (χ4v) is 8.66. The van der Waals surface area contributed by atoms with Crippen LogP contribution in [0, 0.1) is 0 Å². The van der Waals surface area contributed by atoms with E-state index in [1.807, 2.05) is 48.5 Å². The zero-order valence-electron chi connectivity index (χ0n) is 31.2. The number of oxazole rings is 1. The molecule has 0 radical (unpaired) electrons. The van der Waals surface area contributed by atoms with Crippen LogP contribution in [-0.2, 0) is 0 Å². The van der Waals surface area contributed by atoms with Gasteiger partial charge in [0.15, 0.2) is 5.58 Å². The predicted octanol–water partition coefficient (Wildman–Crippen LogP) is 14.8. The van der Waals surface area contributed by atoms with Crippen molar-refractivity contribution in [2.45, 2.75) is 0 Å². The van der Waals surface area contributed by atoms with E-state index < -0.39 is 0 Å². The molecule has 0 saturated heterocycles. The van der Waals surface area contributed by atoms with E-state index in [0.29, 0.717) is 5.89 Å². The van der Waals surface area contributed by atoms with Gasteiger partial charge in [0, 0.05) is 61.3 Å². The molecule has 0 atom stereocenters. The highest BCUT2D eigenvalue weighted by atomic mass is 16.3. The van der Waals surface area contributed by atoms with Gasteiger partial charge < -0.3 is 18.3 Å². The van der Waals surface area contributed by atoms with E-state index in [0.717, 1.165) is 88.8 Å². The van der Waals surface area contributed by atoms with Crippen LogP contribution >= 0.6 is 0 Å². The van der Waals surface area contributed by atoms with Crippen molar-refractivity contribution < 1.29 is 8.83 Å². The molecule has 3 heterocycles. The van der Waals surface area contributed by atoms with Crippen LogP contribution in [0.4, 0.5) is 17.1 Å². The Morgan fingerprint density at radius 2 is 1.03 bits per heavy atom. The number of anilines is 3. The van der Waals surface area contributed by atoms with Gasteiger partial charge in [-0.1, -0.05) is 103 Å². The van der Waals surface area contributed by atoms with Gasteiger partial charge in [-0.15, -0.1) is 0 Å². The van der Waals surface area contributed by atoms with Gasteiger partial charge in [-0.2, -0.15) is 0 Å². The van der Waals surface area contributed by atoms with Crippen LogP contribution < -0.4 is 4.90 Å². The number of rotatable bonds is 6. The average Bonchev–Trinajstić information content (AvgIpc) is 3.99. The number of aromatic nitrogens is 2. The minimum absolute atomic E-state index is 0.632. The van der Waals surface area contributed by atoms with Gasteiger partial charge in [0.25, 0.3) is 0 Å². The second-order valence-electron chi connectivity index (χ2n) is 14.8. The van der Waals surface area contributed by atoms with Crippen LogP contribution in [-0.4, -0.2) is 9.55 Å². The fourth-order valence-electron chi connectivity index (χ4n) is 8.66. The molecule has 0 aliphatic carbocycles. The quantitative estimate of drug-likeness (QED) is 0.170. The minimum atomic E-state index is 0.632. The first-order valence-electron chi connectivity index (χ1n) is 19.5. The van der Waals surface area contributed by atoms with Gasteiger partial charge in [0.2, 0.25) is 5.89 Å². The highest BCUT2D eigenvalue weighted by Gasteiger charge is 2.19. The number of furan rings is 1. The molecule has 5 heteroatoms. The third kappa shape index (κ3) is 5.14. The van der Waals surface area contributed by atoms with Crippen molar-refractivity contribution in [1.82, 2.24) is 9.55 Å². The molecule has 272 valence electrons. The van der Waals surface area contributed by atoms with E-state index in [9.17, 15) is 0 Å². The van der Waals surface area contributed by atoms with Crippen molar-refractivity contribution in [1.29, 1.82) is 0 Å². The lowest BCUT2D eigenvalue weighted by molar-refractivity contribution is 0.620. The van der Waals surface area contributed by atoms with E-state index in [2.05, 4.69) is 161 Å². The van der Waals surface area contributed by atoms with E-state index in [1.54, 1.807) is 0 Å². The third-order valence-electron chi connectivity index (χ3n) is 11.4. The molecule has 0 unspecified atom stereocenters. The van der Waals surface area contributed by atoms with E-state index in [1.165, 1.54) is 16.3 Å². The molecule has 0 aliphatic rings. The summed E-state index contributed by atoms with van der Waals surface area (Å²) >= 11 is 0. The van der Waals surface area contributed by atoms with E-state index in [-0.39, 0.29) is 0 Å². The van der Waals surface area contributed by atoms with Gasteiger partial charge >= 0.3 is 0 Å². The molecule has 12 rings (SSSR count). The minimum Gasteiger partial charge on any atom is -0.456 e. The summed E-state index contributed by atoms with van der Waals surface area (Å²) in [6, 6.07) is 70.5. The fraction of sp³-hybridized carbons (Fsp3) is 0. The molecule has 0 bridgehead atoms. The molecule has 9 aromatic carbocycles. The van der Waals surface area contributed by atoms with Gasteiger partial charge in [0.1, 0.15) is 16.7 Å². The topological polar surface area (TPSA) is 47.3 Å². The van der Waals surface area contributed by atoms with E-state index in [4.69, 9.17) is 13.8 Å². The molecule has 0 spiro atoms. The summed E-state index contributed by atoms with van der Waals surface area (Å²) in [5, 5.41) is 6.81. The average molecular weight is 744 g/mol. The summed E-state index contributed by atoms with van der Waals surface area (Å²) in [4.78, 5) is 7.24. The molecular formula is C53H33N3O2. The Morgan fingerprint density at radius 3 is 1.90 bits per heavy atom. The number of hydrogen-bond acceptors (Lipinski definition) is 4. The Balaban J connectivity index is 0.979. The van der Waals surface area contributed by atoms with Crippen molar-refractivity contribution in [2.75, 3.05) is 4.90 Å². The first-order valence-corrected chi connectivity index (χ1v) is 19.5. The zero-order chi connectivity index (χ0) is 38.2. The maximum absolute atomic E-state index is 6.42. The molecular weight excluding hydrogens is 711 g/mol. The molecule has 0 fully saturated rings. The highest BCUT2D eigenvalue weighted by molar-refractivity contribution is 6.11. The van der Waals surface area contributed by atoms with Crippen LogP contribution in [0.25, 0.3) is 93.9 Å². The summed E-state index contributed by atoms with van der Waals surface area (Å²) in [5.74, 6) is 0.632. The van der Waals surface area contributed by atoms with E-state index >= 15 is 0 Å². The summed E-state index contributed by atoms with van der Waals surface area (Å²) in [6.07, 6.45) is 0. The van der Waals surface area contributed by atoms with Gasteiger partial charge in [-0.25, -0.2) is 4.98 Å². The summed E-state index contributed by atoms with van der Waals surface area (Å²) in [7, 11) is 0. The molecule has 0 amide bonds. The Labute approximate surface area is 333 Å². The number of benzene rings is 9. The Morgan fingerprint density at radius 1 is 0.379 bits per heavy atom. The van der Waals surface area contributed by atoms with Gasteiger partial charge in [0.05, 0.1) is 11.0 Å². The van der Waals surface area contributed by atoms with Gasteiger partial charge in [-0.05, 0) is 108 Å². The molecule has 0 aliphatic heterocycles. The molecule has 5 nitrogen and oxygen atoms in total. The number of para-hydroxylation sites is 3. The van der Waals surface area contributed by atoms with Crippen LogP contribution in [0.5, 0.6) is 0 Å². The monoisotopic (exact) mass is 743 g/mol. The lowest BCUT2D eigenvalue weighted by Crippen LogP contribution is -2.09. The molecule has 0 saturated carbocycles. The van der Waals surface area contributed by atoms with Crippen molar-refractivity contribution >= 4 is 82.7 Å². The van der Waals surface area contributed by atoms with Crippen molar-refractivity contribution in [2.24, 2.45) is 0 Å². The first kappa shape index (κ1) is 32.4. The normalized spacial score (nSPS) is 11.8. The Hall–Kier alpha value is -7.89. The van der Waals surface area contributed by atoms with Crippen molar-refractivity contribution in [3.63, 3.8) is 0 Å². The molecule has 58 heavy (non-hydrogen) atoms. The zero-order valence-corrected chi connectivity index (χ0v) is 31.2. The maximum atomic E-state index is 6.42. The van der Waals surface area contributed by atoms with Crippen LogP contribution in [0.3, 0.4) is 0 Å². The SMILES string of the molecule is c1ccc(-c2nc3c(ccc4cc(-c5ccc(N(c6ccc7c(c6)oc6ccccc67)c6ccc7c(c6)c6ccccc6n7-c6ccccc6)cc5)ccc43)o2)cc1. The second kappa shape index (κ2) is 12.8. The summed E-state index contributed by atoms with van der Waals surface area (Å²) in [6.45, 7) is 0. The predicted molar refractivity (Wildman–Crippen MR) is 239 cm³/mol. The molecule has 0 N–H and O–H groups in total. The lowest BCUT2D eigenvalue weighted by Gasteiger charge is -2.26. The highest BCUT2D eigenvalue weighted by Crippen LogP contribution is 2.42. The first-order chi connectivity index (χ1) is 28.7. The largest absolute Gasteiger partial charge is 0.456 e. The summed E-state index contributed by atoms with van der Waals surface area (Å²) in [5.41, 5.74) is 13.2. The van der Waals surface area contributed by atoms with Crippen LogP contribution in [0.1, 0.15) is 0 Å². The smallest absolute Gasteiger partial charge is 0.227 e. The summed E-state index contributed by atoms with van der Waals surface area (Å²) < 4.78 is 14.9. The molecule has 3 aromatic heterocycles. The Kier molecular flexibility index (Phi) is 7.16. The maximum Gasteiger partial charge on any atom is 0.227 e. The standard InChI is InChI=1S/C53H33N3O2/c1-3-11-35(12-4-1)53-54-52-42-27-21-36(31-37(42)22-30-50(52)58-53)34-19-23-39(24-20-34)55(41-25-28-45-44-16-8-10-18-49(44)57-51(45)33-41)40-26-29-48-46(32-40)43-15-7-9-17-47(43)56(48)38-13-5-2-6-14-38/h1-33H. The number of fused-ring (bicyclic) bond motifs is 9. The number of hydrogen-bond donors (Lipinski definition) is 0. The Bertz CT molecular complexity index is 3510. The van der Waals surface area contributed by atoms with Crippen LogP contribution in [0.2, 0.25) is 0 Å². The molecule has 12 aromatic rings. The van der Waals surface area contributed by atoms with Crippen LogP contribution in [0.15, 0.2) is 209 Å². The third-order valence-corrected chi connectivity index (χ3v) is 11.4. The number of nitrogens with zero attached hydrogens (tertiary/aromatic N) is 3. The second-order valence-corrected chi connectivity index (χ2v) is 14.8. The van der Waals surface area contributed by atoms with Crippen molar-refractivity contribution in [3.05, 3.63) is 200 Å². The van der Waals surface area contributed by atoms with Gasteiger partial charge in [-0.3, -0.25) is 0 Å². The van der Waals surface area contributed by atoms with Crippen molar-refractivity contribution in [3.8, 4) is 28.3 Å². The lowest BCUT2D eigenvalue weighted by atomic mass is 10.00.